The zero-order valence-corrected chi connectivity index (χ0v) is 16.8. The minimum atomic E-state index is -1.21. The maximum atomic E-state index is 13.1. The Hall–Kier alpha value is -3.09. The van der Waals surface area contributed by atoms with Crippen molar-refractivity contribution in [3.8, 4) is 5.75 Å². The van der Waals surface area contributed by atoms with Gasteiger partial charge >= 0.3 is 6.03 Å². The third-order valence-corrected chi connectivity index (χ3v) is 5.92. The van der Waals surface area contributed by atoms with E-state index in [0.717, 1.165) is 34.3 Å². The number of urea groups is 1. The molecule has 152 valence electrons. The van der Waals surface area contributed by atoms with Crippen molar-refractivity contribution in [2.24, 2.45) is 5.92 Å². The number of imide groups is 1. The fourth-order valence-corrected chi connectivity index (χ4v) is 3.86. The van der Waals surface area contributed by atoms with Gasteiger partial charge in [-0.25, -0.2) is 4.79 Å². The van der Waals surface area contributed by atoms with E-state index in [9.17, 15) is 14.4 Å². The van der Waals surface area contributed by atoms with E-state index in [1.807, 2.05) is 43.3 Å². The van der Waals surface area contributed by atoms with Crippen LogP contribution in [0.2, 0.25) is 0 Å². The van der Waals surface area contributed by atoms with Crippen molar-refractivity contribution in [2.75, 3.05) is 13.7 Å². The largest absolute Gasteiger partial charge is 0.497 e. The molecular formula is C22H25N3O4. The smallest absolute Gasteiger partial charge is 0.325 e. The van der Waals surface area contributed by atoms with Gasteiger partial charge in [-0.05, 0) is 67.1 Å². The molecule has 0 aromatic heterocycles. The predicted molar refractivity (Wildman–Crippen MR) is 108 cm³/mol. The predicted octanol–water partition coefficient (Wildman–Crippen LogP) is 2.53. The first-order valence-corrected chi connectivity index (χ1v) is 9.83. The van der Waals surface area contributed by atoms with Crippen molar-refractivity contribution in [2.45, 2.75) is 38.3 Å². The van der Waals surface area contributed by atoms with E-state index in [1.54, 1.807) is 14.0 Å². The van der Waals surface area contributed by atoms with Gasteiger partial charge in [0.05, 0.1) is 7.11 Å². The van der Waals surface area contributed by atoms with Crippen LogP contribution in [0.3, 0.4) is 0 Å². The molecule has 1 saturated carbocycles. The van der Waals surface area contributed by atoms with E-state index in [1.165, 1.54) is 0 Å². The Balaban J connectivity index is 1.54. The molecule has 7 nitrogen and oxygen atoms in total. The Bertz CT molecular complexity index is 1000. The number of methoxy groups -OCH3 is 1. The van der Waals surface area contributed by atoms with Gasteiger partial charge in [-0.2, -0.15) is 0 Å². The first kappa shape index (κ1) is 19.2. The second-order valence-corrected chi connectivity index (χ2v) is 8.07. The van der Waals surface area contributed by atoms with E-state index in [2.05, 4.69) is 10.6 Å². The molecule has 29 heavy (non-hydrogen) atoms. The SMILES string of the molecule is COc1ccc2cc([C@]3(C)NC(=O)N(CC(=O)N[C@@H](C)C4CC4)C3=O)ccc2c1. The number of nitrogens with zero attached hydrogens (tertiary/aromatic N) is 1. The molecule has 1 aliphatic carbocycles. The normalized spacial score (nSPS) is 22.5. The number of carbonyl (C=O) groups excluding carboxylic acids is 3. The van der Waals surface area contributed by atoms with Gasteiger partial charge < -0.3 is 15.4 Å². The molecule has 2 atom stereocenters. The molecule has 0 spiro atoms. The first-order valence-electron chi connectivity index (χ1n) is 9.83. The van der Waals surface area contributed by atoms with Crippen LogP contribution in [-0.4, -0.2) is 42.4 Å². The van der Waals surface area contributed by atoms with Crippen molar-refractivity contribution in [3.63, 3.8) is 0 Å². The number of carbonyl (C=O) groups is 3. The highest BCUT2D eigenvalue weighted by molar-refractivity contribution is 6.09. The van der Waals surface area contributed by atoms with Gasteiger partial charge in [0.2, 0.25) is 5.91 Å². The summed E-state index contributed by atoms with van der Waals surface area (Å²) in [5, 5.41) is 7.55. The summed E-state index contributed by atoms with van der Waals surface area (Å²) in [6.45, 7) is 3.35. The lowest BCUT2D eigenvalue weighted by Crippen LogP contribution is -2.45. The number of benzene rings is 2. The van der Waals surface area contributed by atoms with Gasteiger partial charge in [-0.3, -0.25) is 14.5 Å². The number of hydrogen-bond donors (Lipinski definition) is 2. The fourth-order valence-electron chi connectivity index (χ4n) is 3.86. The van der Waals surface area contributed by atoms with Gasteiger partial charge in [-0.1, -0.05) is 18.2 Å². The molecule has 4 amide bonds. The quantitative estimate of drug-likeness (QED) is 0.736. The van der Waals surface area contributed by atoms with Crippen molar-refractivity contribution >= 4 is 28.6 Å². The summed E-state index contributed by atoms with van der Waals surface area (Å²) in [5.41, 5.74) is -0.545. The second-order valence-electron chi connectivity index (χ2n) is 8.07. The number of fused-ring (bicyclic) bond motifs is 1. The highest BCUT2D eigenvalue weighted by atomic mass is 16.5. The van der Waals surface area contributed by atoms with Gasteiger partial charge in [-0.15, -0.1) is 0 Å². The highest BCUT2D eigenvalue weighted by Gasteiger charge is 2.49. The standard InChI is InChI=1S/C22H25N3O4/c1-13(14-4-5-14)23-19(26)12-25-20(27)22(2,24-21(25)28)17-8-6-16-11-18(29-3)9-7-15(16)10-17/h6-11,13-14H,4-5,12H2,1-3H3,(H,23,26)(H,24,28)/t13-,22-/m0/s1. The monoisotopic (exact) mass is 395 g/mol. The van der Waals surface area contributed by atoms with E-state index in [0.29, 0.717) is 11.5 Å². The molecule has 7 heteroatoms. The Labute approximate surface area is 169 Å². The summed E-state index contributed by atoms with van der Waals surface area (Å²) in [5.74, 6) is 0.509. The molecule has 2 aromatic carbocycles. The van der Waals surface area contributed by atoms with Crippen molar-refractivity contribution in [3.05, 3.63) is 42.0 Å². The number of nitrogens with one attached hydrogen (secondary N) is 2. The maximum absolute atomic E-state index is 13.1. The fraction of sp³-hybridized carbons (Fsp3) is 0.409. The maximum Gasteiger partial charge on any atom is 0.325 e. The number of ether oxygens (including phenoxy) is 1. The molecule has 2 fully saturated rings. The lowest BCUT2D eigenvalue weighted by molar-refractivity contribution is -0.135. The van der Waals surface area contributed by atoms with Crippen LogP contribution < -0.4 is 15.4 Å². The molecule has 4 rings (SSSR count). The summed E-state index contributed by atoms with van der Waals surface area (Å²) in [4.78, 5) is 38.9. The van der Waals surface area contributed by atoms with Gasteiger partial charge in [0.15, 0.2) is 0 Å². The van der Waals surface area contributed by atoms with Crippen LogP contribution in [-0.2, 0) is 15.1 Å². The lowest BCUT2D eigenvalue weighted by atomic mass is 9.90. The van der Waals surface area contributed by atoms with Crippen LogP contribution in [0.4, 0.5) is 4.79 Å². The number of hydrogen-bond acceptors (Lipinski definition) is 4. The molecule has 0 radical (unpaired) electrons. The Morgan fingerprint density at radius 2 is 1.93 bits per heavy atom. The van der Waals surface area contributed by atoms with Gasteiger partial charge in [0.25, 0.3) is 5.91 Å². The summed E-state index contributed by atoms with van der Waals surface area (Å²) in [6, 6.07) is 10.8. The first-order chi connectivity index (χ1) is 13.8. The van der Waals surface area contributed by atoms with E-state index < -0.39 is 17.5 Å². The molecule has 1 heterocycles. The minimum absolute atomic E-state index is 0.0622. The Kier molecular flexibility index (Phi) is 4.68. The third kappa shape index (κ3) is 3.52. The average molecular weight is 395 g/mol. The van der Waals surface area contributed by atoms with E-state index >= 15 is 0 Å². The molecule has 2 aliphatic rings. The molecule has 1 saturated heterocycles. The zero-order valence-electron chi connectivity index (χ0n) is 16.8. The molecule has 2 N–H and O–H groups in total. The van der Waals surface area contributed by atoms with Crippen LogP contribution in [0.15, 0.2) is 36.4 Å². The zero-order chi connectivity index (χ0) is 20.8. The summed E-state index contributed by atoms with van der Waals surface area (Å²) < 4.78 is 5.24. The van der Waals surface area contributed by atoms with Crippen LogP contribution >= 0.6 is 0 Å². The Morgan fingerprint density at radius 3 is 2.62 bits per heavy atom. The molecule has 1 aliphatic heterocycles. The summed E-state index contributed by atoms with van der Waals surface area (Å²) >= 11 is 0. The number of rotatable bonds is 6. The highest BCUT2D eigenvalue weighted by Crippen LogP contribution is 2.33. The van der Waals surface area contributed by atoms with Crippen LogP contribution in [0.5, 0.6) is 5.75 Å². The van der Waals surface area contributed by atoms with E-state index in [-0.39, 0.29) is 18.5 Å². The minimum Gasteiger partial charge on any atom is -0.497 e. The summed E-state index contributed by atoms with van der Waals surface area (Å²) in [7, 11) is 1.61. The van der Waals surface area contributed by atoms with E-state index in [4.69, 9.17) is 4.74 Å². The molecule has 0 unspecified atom stereocenters. The van der Waals surface area contributed by atoms with Crippen LogP contribution in [0, 0.1) is 5.92 Å². The lowest BCUT2D eigenvalue weighted by Gasteiger charge is -2.23. The van der Waals surface area contributed by atoms with Crippen molar-refractivity contribution in [1.29, 1.82) is 0 Å². The van der Waals surface area contributed by atoms with Crippen LogP contribution in [0.25, 0.3) is 10.8 Å². The molecular weight excluding hydrogens is 370 g/mol. The van der Waals surface area contributed by atoms with Crippen molar-refractivity contribution < 1.29 is 19.1 Å². The average Bonchev–Trinajstić information content (AvgIpc) is 3.52. The Morgan fingerprint density at radius 1 is 1.24 bits per heavy atom. The third-order valence-electron chi connectivity index (χ3n) is 5.92. The summed E-state index contributed by atoms with van der Waals surface area (Å²) in [6.07, 6.45) is 2.22. The second kappa shape index (κ2) is 7.06. The number of amides is 4. The van der Waals surface area contributed by atoms with Gasteiger partial charge in [0, 0.05) is 6.04 Å². The van der Waals surface area contributed by atoms with Gasteiger partial charge in [0.1, 0.15) is 17.8 Å². The topological polar surface area (TPSA) is 87.7 Å². The molecule has 0 bridgehead atoms. The van der Waals surface area contributed by atoms with Crippen LogP contribution in [0.1, 0.15) is 32.3 Å². The molecule has 2 aromatic rings. The van der Waals surface area contributed by atoms with Crippen molar-refractivity contribution in [1.82, 2.24) is 15.5 Å².